The lowest BCUT2D eigenvalue weighted by molar-refractivity contribution is -0.138. The number of carbonyl (C=O) groups excluding carboxylic acids is 1. The highest BCUT2D eigenvalue weighted by Crippen LogP contribution is 2.37. The van der Waals surface area contributed by atoms with Crippen molar-refractivity contribution >= 4 is 22.9 Å². The normalized spacial score (nSPS) is 12.0. The molecule has 0 fully saturated rings. The zero-order valence-corrected chi connectivity index (χ0v) is 15.7. The number of benzene rings is 1. The zero-order valence-electron chi connectivity index (χ0n) is 14.9. The Hall–Kier alpha value is -2.55. The number of ether oxygens (including phenoxy) is 3. The Morgan fingerprint density at radius 3 is 2.56 bits per heavy atom. The van der Waals surface area contributed by atoms with Gasteiger partial charge in [0.2, 0.25) is 10.9 Å². The van der Waals surface area contributed by atoms with Gasteiger partial charge in [-0.15, -0.1) is 11.3 Å². The fourth-order valence-corrected chi connectivity index (χ4v) is 3.11. The van der Waals surface area contributed by atoms with Gasteiger partial charge in [0.1, 0.15) is 12.2 Å². The Kier molecular flexibility index (Phi) is 6.84. The molecule has 146 valence electrons. The number of halogens is 3. The van der Waals surface area contributed by atoms with Crippen molar-refractivity contribution in [3.05, 3.63) is 51.5 Å². The van der Waals surface area contributed by atoms with Crippen molar-refractivity contribution in [2.45, 2.75) is 26.1 Å². The molecule has 0 atom stereocenters. The van der Waals surface area contributed by atoms with Crippen LogP contribution in [0.25, 0.3) is 5.57 Å². The highest BCUT2D eigenvalue weighted by Gasteiger charge is 2.36. The Morgan fingerprint density at radius 1 is 1.26 bits per heavy atom. The van der Waals surface area contributed by atoms with E-state index in [2.05, 4.69) is 4.98 Å². The van der Waals surface area contributed by atoms with Crippen molar-refractivity contribution < 1.29 is 32.2 Å². The zero-order chi connectivity index (χ0) is 20.0. The molecule has 0 unspecified atom stereocenters. The van der Waals surface area contributed by atoms with Gasteiger partial charge in [-0.3, -0.25) is 0 Å². The Morgan fingerprint density at radius 2 is 1.96 bits per heavy atom. The summed E-state index contributed by atoms with van der Waals surface area (Å²) in [5.41, 5.74) is 1.24. The van der Waals surface area contributed by atoms with E-state index in [-0.39, 0.29) is 18.1 Å². The molecule has 1 aromatic carbocycles. The Labute approximate surface area is 158 Å². The lowest BCUT2D eigenvalue weighted by Crippen LogP contribution is -2.09. The molecule has 0 N–H and O–H groups in total. The topological polar surface area (TPSA) is 57.7 Å². The summed E-state index contributed by atoms with van der Waals surface area (Å²) in [6, 6.07) is 6.81. The summed E-state index contributed by atoms with van der Waals surface area (Å²) in [6.45, 7) is 1.66. The summed E-state index contributed by atoms with van der Waals surface area (Å²) in [5, 5.41) is -0.947. The summed E-state index contributed by atoms with van der Waals surface area (Å²) in [7, 11) is 2.63. The van der Waals surface area contributed by atoms with Crippen LogP contribution in [0.2, 0.25) is 0 Å². The third-order valence-electron chi connectivity index (χ3n) is 3.54. The van der Waals surface area contributed by atoms with Crippen LogP contribution in [0.15, 0.2) is 30.5 Å². The minimum atomic E-state index is -4.52. The monoisotopic (exact) mass is 401 g/mol. The Balaban J connectivity index is 2.31. The molecule has 5 nitrogen and oxygen atoms in total. The largest absolute Gasteiger partial charge is 0.503 e. The number of methoxy groups -OCH3 is 2. The first kappa shape index (κ1) is 20.8. The molecule has 27 heavy (non-hydrogen) atoms. The fourth-order valence-electron chi connectivity index (χ4n) is 2.30. The van der Waals surface area contributed by atoms with Gasteiger partial charge in [-0.2, -0.15) is 18.2 Å². The molecule has 0 aliphatic heterocycles. The minimum absolute atomic E-state index is 0.0556. The molecule has 0 saturated carbocycles. The fraction of sp³-hybridized carbons (Fsp3) is 0.333. The van der Waals surface area contributed by atoms with Crippen LogP contribution in [0.5, 0.6) is 5.88 Å². The lowest BCUT2D eigenvalue weighted by Gasteiger charge is -2.12. The quantitative estimate of drug-likeness (QED) is 0.389. The summed E-state index contributed by atoms with van der Waals surface area (Å²) in [6.07, 6.45) is -2.91. The standard InChI is InChI=1S/C18H18F3NO4S/c1-4-14-15(22-17(27-14)18(19,20)21)26-9-11-7-5-6-8-12(11)13(10-24-2)16(23)25-3/h5-8,10H,4,9H2,1-3H3/b13-10+. The Bertz CT molecular complexity index is 830. The van der Waals surface area contributed by atoms with Crippen LogP contribution in [0.3, 0.4) is 0 Å². The van der Waals surface area contributed by atoms with E-state index in [0.717, 1.165) is 0 Å². The van der Waals surface area contributed by atoms with Gasteiger partial charge >= 0.3 is 12.1 Å². The van der Waals surface area contributed by atoms with Gasteiger partial charge in [-0.05, 0) is 17.5 Å². The van der Waals surface area contributed by atoms with E-state index in [1.165, 1.54) is 20.5 Å². The molecule has 0 saturated heterocycles. The van der Waals surface area contributed by atoms with E-state index in [9.17, 15) is 18.0 Å². The van der Waals surface area contributed by atoms with Crippen LogP contribution < -0.4 is 4.74 Å². The van der Waals surface area contributed by atoms with Crippen molar-refractivity contribution in [1.82, 2.24) is 4.98 Å². The molecule has 2 rings (SSSR count). The SMILES string of the molecule is CCc1sc(C(F)(F)F)nc1OCc1ccccc1/C(=C\OC)C(=O)OC. The number of aryl methyl sites for hydroxylation is 1. The van der Waals surface area contributed by atoms with Crippen molar-refractivity contribution in [3.8, 4) is 5.88 Å². The third-order valence-corrected chi connectivity index (χ3v) is 4.76. The maximum absolute atomic E-state index is 12.9. The first-order valence-corrected chi connectivity index (χ1v) is 8.72. The van der Waals surface area contributed by atoms with Crippen molar-refractivity contribution in [2.24, 2.45) is 0 Å². The number of hydrogen-bond acceptors (Lipinski definition) is 6. The average Bonchev–Trinajstić information content (AvgIpc) is 3.08. The summed E-state index contributed by atoms with van der Waals surface area (Å²) in [4.78, 5) is 16.0. The van der Waals surface area contributed by atoms with Gasteiger partial charge in [0, 0.05) is 0 Å². The van der Waals surface area contributed by atoms with Crippen molar-refractivity contribution in [1.29, 1.82) is 0 Å². The second-order valence-corrected chi connectivity index (χ2v) is 6.39. The maximum Gasteiger partial charge on any atom is 0.443 e. The molecule has 0 bridgehead atoms. The van der Waals surface area contributed by atoms with Gasteiger partial charge in [0.25, 0.3) is 0 Å². The molecule has 2 aromatic rings. The van der Waals surface area contributed by atoms with Crippen LogP contribution >= 0.6 is 11.3 Å². The van der Waals surface area contributed by atoms with Crippen LogP contribution in [0.4, 0.5) is 13.2 Å². The molecule has 0 aliphatic rings. The molecular weight excluding hydrogens is 383 g/mol. The van der Waals surface area contributed by atoms with E-state index in [0.29, 0.717) is 33.8 Å². The van der Waals surface area contributed by atoms with Gasteiger partial charge in [-0.25, -0.2) is 4.79 Å². The maximum atomic E-state index is 12.9. The predicted molar refractivity (Wildman–Crippen MR) is 94.3 cm³/mol. The average molecular weight is 401 g/mol. The van der Waals surface area contributed by atoms with Crippen molar-refractivity contribution in [2.75, 3.05) is 14.2 Å². The minimum Gasteiger partial charge on any atom is -0.503 e. The number of hydrogen-bond donors (Lipinski definition) is 0. The number of rotatable bonds is 7. The summed E-state index contributed by atoms with van der Waals surface area (Å²) < 4.78 is 53.9. The van der Waals surface area contributed by atoms with Crippen LogP contribution in [0, 0.1) is 0 Å². The number of nitrogens with zero attached hydrogens (tertiary/aromatic N) is 1. The molecule has 1 aromatic heterocycles. The van der Waals surface area contributed by atoms with Gasteiger partial charge < -0.3 is 14.2 Å². The van der Waals surface area contributed by atoms with E-state index in [1.54, 1.807) is 31.2 Å². The first-order valence-electron chi connectivity index (χ1n) is 7.91. The highest BCUT2D eigenvalue weighted by molar-refractivity contribution is 7.12. The first-order chi connectivity index (χ1) is 12.8. The second-order valence-electron chi connectivity index (χ2n) is 5.30. The second kappa shape index (κ2) is 8.90. The molecular formula is C18H18F3NO4S. The number of thiazole rings is 1. The van der Waals surface area contributed by atoms with E-state index < -0.39 is 17.2 Å². The van der Waals surface area contributed by atoms with Crippen LogP contribution in [0.1, 0.15) is 27.9 Å². The van der Waals surface area contributed by atoms with Crippen LogP contribution in [-0.4, -0.2) is 25.2 Å². The molecule has 9 heteroatoms. The molecule has 0 amide bonds. The van der Waals surface area contributed by atoms with Gasteiger partial charge in [0.05, 0.1) is 25.4 Å². The summed E-state index contributed by atoms with van der Waals surface area (Å²) >= 11 is 0.562. The highest BCUT2D eigenvalue weighted by atomic mass is 32.1. The number of aromatic nitrogens is 1. The van der Waals surface area contributed by atoms with Gasteiger partial charge in [0.15, 0.2) is 0 Å². The van der Waals surface area contributed by atoms with E-state index in [4.69, 9.17) is 14.2 Å². The van der Waals surface area contributed by atoms with E-state index >= 15 is 0 Å². The van der Waals surface area contributed by atoms with Crippen LogP contribution in [-0.2, 0) is 33.5 Å². The number of esters is 1. The smallest absolute Gasteiger partial charge is 0.443 e. The van der Waals surface area contributed by atoms with E-state index in [1.807, 2.05) is 0 Å². The lowest BCUT2D eigenvalue weighted by atomic mass is 10.0. The molecule has 1 heterocycles. The molecule has 0 spiro atoms. The van der Waals surface area contributed by atoms with Gasteiger partial charge in [-0.1, -0.05) is 31.2 Å². The molecule has 0 radical (unpaired) electrons. The number of carbonyl (C=O) groups is 1. The predicted octanol–water partition coefficient (Wildman–Crippen LogP) is 4.46. The van der Waals surface area contributed by atoms with Crippen molar-refractivity contribution in [3.63, 3.8) is 0 Å². The molecule has 0 aliphatic carbocycles. The number of alkyl halides is 3. The third kappa shape index (κ3) is 5.00. The summed E-state index contributed by atoms with van der Waals surface area (Å²) in [5.74, 6) is -0.661.